The summed E-state index contributed by atoms with van der Waals surface area (Å²) in [7, 11) is 0. The van der Waals surface area contributed by atoms with Gasteiger partial charge in [-0.2, -0.15) is 0 Å². The highest BCUT2D eigenvalue weighted by molar-refractivity contribution is 6.35. The zero-order valence-electron chi connectivity index (χ0n) is 11.3. The molecule has 21 heavy (non-hydrogen) atoms. The Morgan fingerprint density at radius 2 is 1.76 bits per heavy atom. The third kappa shape index (κ3) is 4.23. The van der Waals surface area contributed by atoms with Gasteiger partial charge in [-0.1, -0.05) is 28.4 Å². The summed E-state index contributed by atoms with van der Waals surface area (Å²) >= 11 is 11.8. The van der Waals surface area contributed by atoms with Gasteiger partial charge < -0.3 is 15.8 Å². The van der Waals surface area contributed by atoms with Crippen LogP contribution >= 0.6 is 23.2 Å². The van der Waals surface area contributed by atoms with Gasteiger partial charge >= 0.3 is 0 Å². The number of carbonyl (C=O) groups is 1. The maximum Gasteiger partial charge on any atom is 0.254 e. The summed E-state index contributed by atoms with van der Waals surface area (Å²) in [4.78, 5) is 16.1. The number of halogens is 2. The molecule has 1 amide bonds. The second-order valence-corrected chi connectivity index (χ2v) is 5.69. The number of rotatable bonds is 3. The van der Waals surface area contributed by atoms with E-state index >= 15 is 0 Å². The Balaban J connectivity index is 1.97. The highest BCUT2D eigenvalue weighted by Gasteiger charge is 2.23. The van der Waals surface area contributed by atoms with E-state index in [-0.39, 0.29) is 11.7 Å². The lowest BCUT2D eigenvalue weighted by atomic mass is 10.2. The Kier molecular flexibility index (Phi) is 5.27. The van der Waals surface area contributed by atoms with Crippen LogP contribution in [-0.2, 0) is 0 Å². The Morgan fingerprint density at radius 1 is 1.19 bits per heavy atom. The lowest BCUT2D eigenvalue weighted by Crippen LogP contribution is -2.50. The van der Waals surface area contributed by atoms with Crippen LogP contribution in [0.1, 0.15) is 10.4 Å². The maximum absolute atomic E-state index is 12.4. The third-order valence-electron chi connectivity index (χ3n) is 3.28. The van der Waals surface area contributed by atoms with Crippen LogP contribution in [0.5, 0.6) is 0 Å². The van der Waals surface area contributed by atoms with Crippen molar-refractivity contribution in [3.63, 3.8) is 0 Å². The van der Waals surface area contributed by atoms with Crippen LogP contribution in [0, 0.1) is 0 Å². The molecular weight excluding hydrogens is 315 g/mol. The molecule has 1 aromatic carbocycles. The summed E-state index contributed by atoms with van der Waals surface area (Å²) < 4.78 is 0. The van der Waals surface area contributed by atoms with Crippen molar-refractivity contribution in [1.29, 1.82) is 0 Å². The topological polar surface area (TPSA) is 82.2 Å². The predicted molar refractivity (Wildman–Crippen MR) is 82.2 cm³/mol. The average molecular weight is 331 g/mol. The van der Waals surface area contributed by atoms with Crippen molar-refractivity contribution < 1.29 is 10.0 Å². The monoisotopic (exact) mass is 330 g/mol. The van der Waals surface area contributed by atoms with Gasteiger partial charge in [0.25, 0.3) is 5.91 Å². The van der Waals surface area contributed by atoms with Crippen molar-refractivity contribution in [3.8, 4) is 0 Å². The molecule has 0 radical (unpaired) electrons. The summed E-state index contributed by atoms with van der Waals surface area (Å²) in [6.45, 7) is 2.86. The molecule has 1 heterocycles. The number of hydrogen-bond donors (Lipinski definition) is 2. The first kappa shape index (κ1) is 15.9. The minimum Gasteiger partial charge on any atom is -0.409 e. The molecule has 0 saturated carbocycles. The van der Waals surface area contributed by atoms with Gasteiger partial charge in [-0.3, -0.25) is 9.69 Å². The van der Waals surface area contributed by atoms with E-state index < -0.39 is 0 Å². The van der Waals surface area contributed by atoms with Crippen molar-refractivity contribution in [2.45, 2.75) is 0 Å². The van der Waals surface area contributed by atoms with Gasteiger partial charge in [-0.15, -0.1) is 0 Å². The van der Waals surface area contributed by atoms with Crippen molar-refractivity contribution >= 4 is 34.9 Å². The fraction of sp³-hybridized carbons (Fsp3) is 0.385. The highest BCUT2D eigenvalue weighted by atomic mass is 35.5. The fourth-order valence-corrected chi connectivity index (χ4v) is 2.76. The number of carbonyl (C=O) groups excluding carboxylic acids is 1. The van der Waals surface area contributed by atoms with E-state index in [1.165, 1.54) is 0 Å². The Bertz CT molecular complexity index is 537. The van der Waals surface area contributed by atoms with Crippen LogP contribution in [0.4, 0.5) is 0 Å². The van der Waals surface area contributed by atoms with E-state index in [4.69, 9.17) is 34.1 Å². The number of hydrogen-bond acceptors (Lipinski definition) is 4. The number of benzene rings is 1. The minimum absolute atomic E-state index is 0.0946. The normalized spacial score (nSPS) is 17.0. The molecule has 0 aromatic heterocycles. The van der Waals surface area contributed by atoms with Gasteiger partial charge in [0.15, 0.2) is 5.84 Å². The second-order valence-electron chi connectivity index (χ2n) is 4.82. The lowest BCUT2D eigenvalue weighted by molar-refractivity contribution is 0.0653. The van der Waals surface area contributed by atoms with Gasteiger partial charge in [0.1, 0.15) is 0 Å². The molecule has 114 valence electrons. The Morgan fingerprint density at radius 3 is 2.29 bits per heavy atom. The minimum atomic E-state index is -0.0946. The van der Waals surface area contributed by atoms with Crippen molar-refractivity contribution in [1.82, 2.24) is 9.80 Å². The maximum atomic E-state index is 12.4. The largest absolute Gasteiger partial charge is 0.409 e. The fourth-order valence-electron chi connectivity index (χ4n) is 2.23. The van der Waals surface area contributed by atoms with Crippen LogP contribution in [0.25, 0.3) is 0 Å². The second kappa shape index (κ2) is 6.98. The summed E-state index contributed by atoms with van der Waals surface area (Å²) in [6.07, 6.45) is 0. The quantitative estimate of drug-likeness (QED) is 0.381. The molecule has 1 fully saturated rings. The summed E-state index contributed by atoms with van der Waals surface area (Å²) in [5.41, 5.74) is 5.95. The highest BCUT2D eigenvalue weighted by Crippen LogP contribution is 2.20. The van der Waals surface area contributed by atoms with E-state index in [1.54, 1.807) is 23.1 Å². The third-order valence-corrected chi connectivity index (χ3v) is 3.72. The van der Waals surface area contributed by atoms with Crippen molar-refractivity contribution in [2.75, 3.05) is 32.7 Å². The number of oxime groups is 1. The van der Waals surface area contributed by atoms with E-state index in [0.29, 0.717) is 48.3 Å². The van der Waals surface area contributed by atoms with Gasteiger partial charge in [0.05, 0.1) is 6.54 Å². The summed E-state index contributed by atoms with van der Waals surface area (Å²) in [6, 6.07) is 4.81. The molecule has 0 spiro atoms. The van der Waals surface area contributed by atoms with Crippen molar-refractivity contribution in [3.05, 3.63) is 33.8 Å². The number of nitrogens with zero attached hydrogens (tertiary/aromatic N) is 3. The Hall–Kier alpha value is -1.50. The standard InChI is InChI=1S/C13H16Cl2N4O2/c14-10-5-9(6-11(15)7-10)13(20)19-3-1-18(2-4-19)8-12(16)17-21/h5-7,21H,1-4,8H2,(H2,16,17). The molecule has 8 heteroatoms. The van der Waals surface area contributed by atoms with Gasteiger partial charge in [0, 0.05) is 41.8 Å². The van der Waals surface area contributed by atoms with E-state index in [2.05, 4.69) is 5.16 Å². The molecule has 0 atom stereocenters. The number of amidine groups is 1. The van der Waals surface area contributed by atoms with Crippen LogP contribution in [0.3, 0.4) is 0 Å². The zero-order chi connectivity index (χ0) is 15.4. The van der Waals surface area contributed by atoms with Crippen LogP contribution in [0.15, 0.2) is 23.4 Å². The van der Waals surface area contributed by atoms with E-state index in [1.807, 2.05) is 4.90 Å². The molecule has 0 unspecified atom stereocenters. The zero-order valence-corrected chi connectivity index (χ0v) is 12.8. The average Bonchev–Trinajstić information content (AvgIpc) is 2.46. The molecule has 0 aliphatic carbocycles. The first-order valence-electron chi connectivity index (χ1n) is 6.43. The predicted octanol–water partition coefficient (Wildman–Crippen LogP) is 1.50. The molecule has 3 N–H and O–H groups in total. The molecular formula is C13H16Cl2N4O2. The lowest BCUT2D eigenvalue weighted by Gasteiger charge is -2.34. The Labute approximate surface area is 132 Å². The molecule has 1 aliphatic rings. The van der Waals surface area contributed by atoms with Crippen LogP contribution < -0.4 is 5.73 Å². The smallest absolute Gasteiger partial charge is 0.254 e. The number of amides is 1. The summed E-state index contributed by atoms with van der Waals surface area (Å²) in [5, 5.41) is 12.4. The molecule has 2 rings (SSSR count). The van der Waals surface area contributed by atoms with Crippen LogP contribution in [-0.4, -0.2) is 59.5 Å². The number of piperazine rings is 1. The molecule has 6 nitrogen and oxygen atoms in total. The SMILES string of the molecule is NC(CN1CCN(C(=O)c2cc(Cl)cc(Cl)c2)CC1)=NO. The van der Waals surface area contributed by atoms with E-state index in [0.717, 1.165) is 0 Å². The summed E-state index contributed by atoms with van der Waals surface area (Å²) in [5.74, 6) is 0.0687. The number of nitrogens with two attached hydrogens (primary N) is 1. The molecule has 0 bridgehead atoms. The molecule has 1 aromatic rings. The van der Waals surface area contributed by atoms with Gasteiger partial charge in [-0.25, -0.2) is 0 Å². The first-order valence-corrected chi connectivity index (χ1v) is 7.19. The molecule has 1 saturated heterocycles. The first-order chi connectivity index (χ1) is 9.99. The van der Waals surface area contributed by atoms with Gasteiger partial charge in [-0.05, 0) is 18.2 Å². The molecule has 1 aliphatic heterocycles. The van der Waals surface area contributed by atoms with Crippen molar-refractivity contribution in [2.24, 2.45) is 10.9 Å². The van der Waals surface area contributed by atoms with Crippen LogP contribution in [0.2, 0.25) is 10.0 Å². The van der Waals surface area contributed by atoms with Gasteiger partial charge in [0.2, 0.25) is 0 Å². The van der Waals surface area contributed by atoms with E-state index in [9.17, 15) is 4.79 Å².